The molecule has 2 amide bonds. The highest BCUT2D eigenvalue weighted by atomic mass is 16.5. The smallest absolute Gasteiger partial charge is 0.335 e. The van der Waals surface area contributed by atoms with Crippen molar-refractivity contribution in [1.29, 1.82) is 0 Å². The Morgan fingerprint density at radius 2 is 1.09 bits per heavy atom. The molecule has 0 bridgehead atoms. The third-order valence-electron chi connectivity index (χ3n) is 4.57. The minimum absolute atomic E-state index is 0.101. The summed E-state index contributed by atoms with van der Waals surface area (Å²) in [5, 5.41) is 14.7. The average Bonchev–Trinajstić information content (AvgIpc) is 2.80. The lowest BCUT2D eigenvalue weighted by atomic mass is 10.1. The molecule has 2 atom stereocenters. The Bertz CT molecular complexity index is 1040. The number of hydrogen-bond donors (Lipinski definition) is 3. The summed E-state index contributed by atoms with van der Waals surface area (Å²) in [5.74, 6) is -1.10. The normalized spacial score (nSPS) is 12.2. The van der Waals surface area contributed by atoms with Crippen LogP contribution in [0.2, 0.25) is 0 Å². The number of carbonyl (C=O) groups excluding carboxylic acids is 2. The highest BCUT2D eigenvalue weighted by Gasteiger charge is 2.19. The molecular weight excluding hydrogens is 424 g/mol. The predicted octanol–water partition coefficient (Wildman–Crippen LogP) is 4.20. The first-order valence-corrected chi connectivity index (χ1v) is 10.3. The fourth-order valence-corrected chi connectivity index (χ4v) is 2.90. The lowest BCUT2D eigenvalue weighted by Crippen LogP contribution is -2.31. The first-order chi connectivity index (χ1) is 15.8. The molecule has 3 aromatic rings. The minimum atomic E-state index is -1.20. The van der Waals surface area contributed by atoms with E-state index in [9.17, 15) is 19.5 Å². The Labute approximate surface area is 191 Å². The monoisotopic (exact) mass is 448 g/mol. The zero-order valence-electron chi connectivity index (χ0n) is 18.1. The van der Waals surface area contributed by atoms with Crippen molar-refractivity contribution in [2.45, 2.75) is 26.1 Å². The lowest BCUT2D eigenvalue weighted by molar-refractivity contribution is -0.122. The zero-order chi connectivity index (χ0) is 23.8. The molecule has 0 saturated carbocycles. The standard InChI is InChI=1S/C25H24N2O6/c1-16(32-21-9-5-3-6-10-21)23(28)26-19-13-18(25(30)31)14-20(15-19)27-24(29)17(2)33-22-11-7-4-8-12-22/h3-17H,1-2H3,(H,26,28)(H,27,29)(H,30,31)/t16-,17+. The number of rotatable bonds is 9. The number of para-hydroxylation sites is 2. The first kappa shape index (κ1) is 23.3. The van der Waals surface area contributed by atoms with Crippen LogP contribution in [0.4, 0.5) is 11.4 Å². The number of hydrogen-bond acceptors (Lipinski definition) is 5. The van der Waals surface area contributed by atoms with E-state index in [-0.39, 0.29) is 16.9 Å². The summed E-state index contributed by atoms with van der Waals surface area (Å²) in [6.45, 7) is 3.16. The lowest BCUT2D eigenvalue weighted by Gasteiger charge is -2.17. The van der Waals surface area contributed by atoms with E-state index in [4.69, 9.17) is 9.47 Å². The van der Waals surface area contributed by atoms with E-state index < -0.39 is 30.0 Å². The van der Waals surface area contributed by atoms with Crippen LogP contribution in [-0.2, 0) is 9.59 Å². The number of carboxylic acids is 1. The van der Waals surface area contributed by atoms with Gasteiger partial charge in [0.25, 0.3) is 11.8 Å². The quantitative estimate of drug-likeness (QED) is 0.452. The molecule has 170 valence electrons. The second-order valence-corrected chi connectivity index (χ2v) is 7.23. The molecule has 0 aliphatic heterocycles. The van der Waals surface area contributed by atoms with Gasteiger partial charge in [-0.15, -0.1) is 0 Å². The van der Waals surface area contributed by atoms with Gasteiger partial charge >= 0.3 is 5.97 Å². The van der Waals surface area contributed by atoms with Crippen LogP contribution in [-0.4, -0.2) is 35.1 Å². The number of carboxylic acid groups (broad SMARTS) is 1. The Balaban J connectivity index is 1.70. The Hall–Kier alpha value is -4.33. The van der Waals surface area contributed by atoms with Crippen molar-refractivity contribution in [2.75, 3.05) is 10.6 Å². The summed E-state index contributed by atoms with van der Waals surface area (Å²) in [4.78, 5) is 36.7. The van der Waals surface area contributed by atoms with Crippen molar-refractivity contribution in [3.8, 4) is 11.5 Å². The van der Waals surface area contributed by atoms with Gasteiger partial charge in [0.15, 0.2) is 12.2 Å². The second-order valence-electron chi connectivity index (χ2n) is 7.23. The second kappa shape index (κ2) is 10.8. The van der Waals surface area contributed by atoms with Crippen LogP contribution in [0.25, 0.3) is 0 Å². The number of ether oxygens (including phenoxy) is 2. The van der Waals surface area contributed by atoms with Crippen molar-refractivity contribution in [3.63, 3.8) is 0 Å². The van der Waals surface area contributed by atoms with E-state index in [1.54, 1.807) is 62.4 Å². The fourth-order valence-electron chi connectivity index (χ4n) is 2.90. The molecule has 0 heterocycles. The molecule has 3 aromatic carbocycles. The van der Waals surface area contributed by atoms with Crippen LogP contribution in [0, 0.1) is 0 Å². The average molecular weight is 448 g/mol. The Morgan fingerprint density at radius 3 is 1.45 bits per heavy atom. The van der Waals surface area contributed by atoms with Gasteiger partial charge in [0.2, 0.25) is 0 Å². The van der Waals surface area contributed by atoms with Crippen LogP contribution in [0.3, 0.4) is 0 Å². The first-order valence-electron chi connectivity index (χ1n) is 10.3. The number of anilines is 2. The molecular formula is C25H24N2O6. The van der Waals surface area contributed by atoms with Gasteiger partial charge in [-0.3, -0.25) is 9.59 Å². The molecule has 0 spiro atoms. The van der Waals surface area contributed by atoms with Gasteiger partial charge in [-0.2, -0.15) is 0 Å². The van der Waals surface area contributed by atoms with Gasteiger partial charge in [-0.05, 0) is 56.3 Å². The van der Waals surface area contributed by atoms with Gasteiger partial charge in [0.1, 0.15) is 11.5 Å². The molecule has 0 aliphatic rings. The third kappa shape index (κ3) is 6.83. The van der Waals surface area contributed by atoms with Gasteiger partial charge in [0.05, 0.1) is 5.56 Å². The van der Waals surface area contributed by atoms with Gasteiger partial charge in [0, 0.05) is 11.4 Å². The molecule has 0 radical (unpaired) electrons. The van der Waals surface area contributed by atoms with E-state index in [1.165, 1.54) is 18.2 Å². The van der Waals surface area contributed by atoms with Gasteiger partial charge in [-0.25, -0.2) is 4.79 Å². The number of carbonyl (C=O) groups is 3. The van der Waals surface area contributed by atoms with Crippen molar-refractivity contribution < 1.29 is 29.0 Å². The van der Waals surface area contributed by atoms with Crippen LogP contribution in [0.15, 0.2) is 78.9 Å². The number of amides is 2. The summed E-state index contributed by atoms with van der Waals surface area (Å²) >= 11 is 0. The Morgan fingerprint density at radius 1 is 0.697 bits per heavy atom. The third-order valence-corrected chi connectivity index (χ3v) is 4.57. The van der Waals surface area contributed by atoms with Gasteiger partial charge < -0.3 is 25.2 Å². The van der Waals surface area contributed by atoms with Crippen molar-refractivity contribution in [1.82, 2.24) is 0 Å². The van der Waals surface area contributed by atoms with E-state index in [2.05, 4.69) is 10.6 Å². The molecule has 0 fully saturated rings. The molecule has 0 saturated heterocycles. The van der Waals surface area contributed by atoms with Crippen molar-refractivity contribution in [2.24, 2.45) is 0 Å². The maximum atomic E-state index is 12.6. The molecule has 33 heavy (non-hydrogen) atoms. The molecule has 0 aliphatic carbocycles. The molecule has 0 aromatic heterocycles. The maximum Gasteiger partial charge on any atom is 0.335 e. The highest BCUT2D eigenvalue weighted by molar-refractivity contribution is 6.00. The number of aromatic carboxylic acids is 1. The topological polar surface area (TPSA) is 114 Å². The highest BCUT2D eigenvalue weighted by Crippen LogP contribution is 2.21. The predicted molar refractivity (Wildman–Crippen MR) is 124 cm³/mol. The minimum Gasteiger partial charge on any atom is -0.481 e. The van der Waals surface area contributed by atoms with E-state index >= 15 is 0 Å². The summed E-state index contributed by atoms with van der Waals surface area (Å²) in [6, 6.07) is 21.8. The summed E-state index contributed by atoms with van der Waals surface area (Å²) in [6.07, 6.45) is -1.67. The van der Waals surface area contributed by atoms with E-state index in [1.807, 2.05) is 12.1 Å². The zero-order valence-corrected chi connectivity index (χ0v) is 18.1. The molecule has 3 N–H and O–H groups in total. The van der Waals surface area contributed by atoms with E-state index in [0.717, 1.165) is 0 Å². The largest absolute Gasteiger partial charge is 0.481 e. The molecule has 8 heteroatoms. The summed E-state index contributed by atoms with van der Waals surface area (Å²) in [7, 11) is 0. The van der Waals surface area contributed by atoms with Crippen molar-refractivity contribution in [3.05, 3.63) is 84.4 Å². The van der Waals surface area contributed by atoms with Crippen LogP contribution in [0.5, 0.6) is 11.5 Å². The fraction of sp³-hybridized carbons (Fsp3) is 0.160. The summed E-state index contributed by atoms with van der Waals surface area (Å²) < 4.78 is 11.2. The number of nitrogens with one attached hydrogen (secondary N) is 2. The molecule has 8 nitrogen and oxygen atoms in total. The van der Waals surface area contributed by atoms with Crippen molar-refractivity contribution >= 4 is 29.2 Å². The SMILES string of the molecule is C[C@H](Oc1ccccc1)C(=O)Nc1cc(NC(=O)[C@@H](C)Oc2ccccc2)cc(C(=O)O)c1. The van der Waals surface area contributed by atoms with Crippen LogP contribution >= 0.6 is 0 Å². The molecule has 3 rings (SSSR count). The number of benzene rings is 3. The summed E-state index contributed by atoms with van der Waals surface area (Å²) in [5.41, 5.74) is 0.307. The van der Waals surface area contributed by atoms with E-state index in [0.29, 0.717) is 11.5 Å². The maximum absolute atomic E-state index is 12.6. The Kier molecular flexibility index (Phi) is 7.64. The van der Waals surface area contributed by atoms with Crippen LogP contribution < -0.4 is 20.1 Å². The van der Waals surface area contributed by atoms with Gasteiger partial charge in [-0.1, -0.05) is 36.4 Å². The van der Waals surface area contributed by atoms with Crippen LogP contribution in [0.1, 0.15) is 24.2 Å². The molecule has 0 unspecified atom stereocenters.